The van der Waals surface area contributed by atoms with Crippen LogP contribution < -0.4 is 10.1 Å². The van der Waals surface area contributed by atoms with Gasteiger partial charge in [0.1, 0.15) is 5.75 Å². The molecule has 0 amide bonds. The predicted octanol–water partition coefficient (Wildman–Crippen LogP) is 2.79. The van der Waals surface area contributed by atoms with E-state index in [9.17, 15) is 0 Å². The molecule has 0 aliphatic carbocycles. The van der Waals surface area contributed by atoms with Gasteiger partial charge in [-0.25, -0.2) is 0 Å². The number of hydrogen-bond acceptors (Lipinski definition) is 4. The third-order valence-corrected chi connectivity index (χ3v) is 3.28. The minimum absolute atomic E-state index is 0. The fourth-order valence-electron chi connectivity index (χ4n) is 2.07. The lowest BCUT2D eigenvalue weighted by Gasteiger charge is -2.16. The first-order valence-corrected chi connectivity index (χ1v) is 6.92. The highest BCUT2D eigenvalue weighted by molar-refractivity contribution is 14.0. The Kier molecular flexibility index (Phi) is 7.12. The van der Waals surface area contributed by atoms with E-state index >= 15 is 0 Å². The molecule has 0 unspecified atom stereocenters. The molecule has 0 spiro atoms. The van der Waals surface area contributed by atoms with Crippen molar-refractivity contribution in [3.8, 4) is 5.75 Å². The summed E-state index contributed by atoms with van der Waals surface area (Å²) in [6.07, 6.45) is 1.04. The Morgan fingerprint density at radius 3 is 2.80 bits per heavy atom. The van der Waals surface area contributed by atoms with Gasteiger partial charge in [-0.3, -0.25) is 4.99 Å². The average Bonchev–Trinajstić information content (AvgIpc) is 2.81. The third kappa shape index (κ3) is 4.54. The smallest absolute Gasteiger partial charge is 0.194 e. The lowest BCUT2D eigenvalue weighted by atomic mass is 10.1. The summed E-state index contributed by atoms with van der Waals surface area (Å²) in [5.74, 6) is 1.95. The molecular formula is C15H24IN3O. The molecule has 0 bridgehead atoms. The largest absolute Gasteiger partial charge is 0.494 e. The fourth-order valence-corrected chi connectivity index (χ4v) is 2.07. The zero-order chi connectivity index (χ0) is 13.7. The lowest BCUT2D eigenvalue weighted by molar-refractivity contribution is 0.317. The van der Waals surface area contributed by atoms with E-state index in [1.807, 2.05) is 6.07 Å². The molecule has 0 fully saturated rings. The van der Waals surface area contributed by atoms with E-state index in [1.54, 1.807) is 0 Å². The number of nitrogens with zero attached hydrogens (tertiary/aromatic N) is 2. The van der Waals surface area contributed by atoms with Crippen LogP contribution in [-0.4, -0.2) is 37.6 Å². The van der Waals surface area contributed by atoms with Gasteiger partial charge >= 0.3 is 0 Å². The summed E-state index contributed by atoms with van der Waals surface area (Å²) in [6, 6.07) is 6.27. The van der Waals surface area contributed by atoms with Crippen molar-refractivity contribution in [2.24, 2.45) is 4.99 Å². The van der Waals surface area contributed by atoms with Crippen molar-refractivity contribution in [2.75, 3.05) is 26.7 Å². The van der Waals surface area contributed by atoms with E-state index in [1.165, 1.54) is 11.1 Å². The Hall–Kier alpha value is -0.980. The van der Waals surface area contributed by atoms with Crippen LogP contribution in [-0.2, 0) is 6.54 Å². The average molecular weight is 389 g/mol. The normalized spacial score (nSPS) is 13.8. The summed E-state index contributed by atoms with van der Waals surface area (Å²) in [6.45, 7) is 7.72. The molecule has 1 aromatic rings. The minimum Gasteiger partial charge on any atom is -0.494 e. The molecule has 0 radical (unpaired) electrons. The highest BCUT2D eigenvalue weighted by atomic mass is 127. The summed E-state index contributed by atoms with van der Waals surface area (Å²) in [4.78, 5) is 6.57. The van der Waals surface area contributed by atoms with E-state index in [0.29, 0.717) is 0 Å². The second-order valence-electron chi connectivity index (χ2n) is 4.92. The van der Waals surface area contributed by atoms with Crippen LogP contribution >= 0.6 is 24.0 Å². The molecule has 2 rings (SSSR count). The van der Waals surface area contributed by atoms with Crippen molar-refractivity contribution >= 4 is 29.9 Å². The number of aryl methyl sites for hydroxylation is 1. The van der Waals surface area contributed by atoms with E-state index in [4.69, 9.17) is 4.74 Å². The maximum atomic E-state index is 5.63. The summed E-state index contributed by atoms with van der Waals surface area (Å²) in [5, 5.41) is 3.39. The molecule has 1 aliphatic heterocycles. The van der Waals surface area contributed by atoms with Crippen LogP contribution in [0.3, 0.4) is 0 Å². The maximum Gasteiger partial charge on any atom is 0.194 e. The monoisotopic (exact) mass is 389 g/mol. The van der Waals surface area contributed by atoms with Gasteiger partial charge in [-0.2, -0.15) is 0 Å². The zero-order valence-corrected chi connectivity index (χ0v) is 14.8. The molecular weight excluding hydrogens is 365 g/mol. The van der Waals surface area contributed by atoms with Crippen molar-refractivity contribution in [1.82, 2.24) is 10.2 Å². The first-order chi connectivity index (χ1) is 9.20. The third-order valence-electron chi connectivity index (χ3n) is 3.28. The first-order valence-electron chi connectivity index (χ1n) is 6.92. The van der Waals surface area contributed by atoms with Gasteiger partial charge < -0.3 is 15.0 Å². The SMILES string of the molecule is CCCOc1ccc(CNC2=NCCN2C)c(C)c1.I. The first kappa shape index (κ1) is 17.1. The second-order valence-corrected chi connectivity index (χ2v) is 4.92. The summed E-state index contributed by atoms with van der Waals surface area (Å²) >= 11 is 0. The number of likely N-dealkylation sites (N-methyl/N-ethyl adjacent to an activating group) is 1. The van der Waals surface area contributed by atoms with E-state index < -0.39 is 0 Å². The second kappa shape index (κ2) is 8.34. The molecule has 1 N–H and O–H groups in total. The van der Waals surface area contributed by atoms with Crippen molar-refractivity contribution in [3.63, 3.8) is 0 Å². The standard InChI is InChI=1S/C15H23N3O.HI/c1-4-9-19-14-6-5-13(12(2)10-14)11-17-15-16-7-8-18(15)3;/h5-6,10H,4,7-9,11H2,1-3H3,(H,16,17);1H. The summed E-state index contributed by atoms with van der Waals surface area (Å²) < 4.78 is 5.63. The van der Waals surface area contributed by atoms with Gasteiger partial charge in [0.25, 0.3) is 0 Å². The van der Waals surface area contributed by atoms with Gasteiger partial charge in [0.15, 0.2) is 5.96 Å². The fraction of sp³-hybridized carbons (Fsp3) is 0.533. The number of guanidine groups is 1. The molecule has 4 nitrogen and oxygen atoms in total. The van der Waals surface area contributed by atoms with Crippen LogP contribution in [0.15, 0.2) is 23.2 Å². The van der Waals surface area contributed by atoms with Crippen LogP contribution in [0.5, 0.6) is 5.75 Å². The van der Waals surface area contributed by atoms with Crippen molar-refractivity contribution in [1.29, 1.82) is 0 Å². The molecule has 0 aromatic heterocycles. The van der Waals surface area contributed by atoms with Gasteiger partial charge in [0.05, 0.1) is 13.2 Å². The number of benzene rings is 1. The highest BCUT2D eigenvalue weighted by Gasteiger charge is 2.11. The Bertz CT molecular complexity index is 462. The number of rotatable bonds is 5. The minimum atomic E-state index is 0. The molecule has 5 heteroatoms. The van der Waals surface area contributed by atoms with Gasteiger partial charge in [-0.1, -0.05) is 13.0 Å². The Morgan fingerprint density at radius 2 is 2.20 bits per heavy atom. The number of aliphatic imine (C=N–C) groups is 1. The molecule has 1 heterocycles. The highest BCUT2D eigenvalue weighted by Crippen LogP contribution is 2.17. The van der Waals surface area contributed by atoms with Crippen molar-refractivity contribution in [3.05, 3.63) is 29.3 Å². The topological polar surface area (TPSA) is 36.9 Å². The molecule has 0 atom stereocenters. The molecule has 0 saturated carbocycles. The molecule has 20 heavy (non-hydrogen) atoms. The summed E-state index contributed by atoms with van der Waals surface area (Å²) in [5.41, 5.74) is 2.54. The maximum absolute atomic E-state index is 5.63. The molecule has 0 saturated heterocycles. The zero-order valence-electron chi connectivity index (χ0n) is 12.5. The number of halogens is 1. The molecule has 112 valence electrons. The Balaban J connectivity index is 0.00000200. The number of ether oxygens (including phenoxy) is 1. The van der Waals surface area contributed by atoms with Crippen LogP contribution in [0, 0.1) is 6.92 Å². The number of nitrogens with one attached hydrogen (secondary N) is 1. The number of hydrogen-bond donors (Lipinski definition) is 1. The molecule has 1 aromatic carbocycles. The van der Waals surface area contributed by atoms with Gasteiger partial charge in [-0.15, -0.1) is 24.0 Å². The van der Waals surface area contributed by atoms with Crippen molar-refractivity contribution in [2.45, 2.75) is 26.8 Å². The van der Waals surface area contributed by atoms with E-state index in [2.05, 4.69) is 48.2 Å². The van der Waals surface area contributed by atoms with Crippen molar-refractivity contribution < 1.29 is 4.74 Å². The van der Waals surface area contributed by atoms with Crippen LogP contribution in [0.1, 0.15) is 24.5 Å². The van der Waals surface area contributed by atoms with Crippen LogP contribution in [0.25, 0.3) is 0 Å². The van der Waals surface area contributed by atoms with Gasteiger partial charge in [0, 0.05) is 20.1 Å². The predicted molar refractivity (Wildman–Crippen MR) is 94.2 cm³/mol. The van der Waals surface area contributed by atoms with Gasteiger partial charge in [-0.05, 0) is 36.6 Å². The lowest BCUT2D eigenvalue weighted by Crippen LogP contribution is -2.35. The van der Waals surface area contributed by atoms with Crippen LogP contribution in [0.4, 0.5) is 0 Å². The Labute approximate surface area is 138 Å². The van der Waals surface area contributed by atoms with Gasteiger partial charge in [0.2, 0.25) is 0 Å². The summed E-state index contributed by atoms with van der Waals surface area (Å²) in [7, 11) is 2.06. The molecule has 1 aliphatic rings. The Morgan fingerprint density at radius 1 is 1.40 bits per heavy atom. The van der Waals surface area contributed by atoms with E-state index in [-0.39, 0.29) is 24.0 Å². The van der Waals surface area contributed by atoms with Crippen LogP contribution in [0.2, 0.25) is 0 Å². The van der Waals surface area contributed by atoms with E-state index in [0.717, 1.165) is 44.4 Å². The quantitative estimate of drug-likeness (QED) is 0.787.